The van der Waals surface area contributed by atoms with E-state index in [1.54, 1.807) is 5.38 Å². The van der Waals surface area contributed by atoms with Crippen molar-refractivity contribution in [1.29, 1.82) is 0 Å². The molecule has 1 aliphatic heterocycles. The Morgan fingerprint density at radius 2 is 2.33 bits per heavy atom. The van der Waals surface area contributed by atoms with Gasteiger partial charge in [-0.1, -0.05) is 11.8 Å². The quantitative estimate of drug-likeness (QED) is 0.691. The normalized spacial score (nSPS) is 21.1. The van der Waals surface area contributed by atoms with Gasteiger partial charge >= 0.3 is 0 Å². The van der Waals surface area contributed by atoms with Crippen LogP contribution in [0.25, 0.3) is 0 Å². The molecule has 5 heteroatoms. The van der Waals surface area contributed by atoms with Gasteiger partial charge in [0.15, 0.2) is 11.7 Å². The van der Waals surface area contributed by atoms with Crippen LogP contribution in [0.1, 0.15) is 20.0 Å². The van der Waals surface area contributed by atoms with E-state index in [-0.39, 0.29) is 5.78 Å². The molecule has 0 aromatic carbocycles. The Morgan fingerprint density at radius 3 is 3.00 bits per heavy atom. The van der Waals surface area contributed by atoms with E-state index < -0.39 is 5.44 Å². The Kier molecular flexibility index (Phi) is 1.79. The van der Waals surface area contributed by atoms with Crippen LogP contribution in [0.5, 0.6) is 0 Å². The number of thiophene rings is 1. The van der Waals surface area contributed by atoms with Gasteiger partial charge in [-0.25, -0.2) is 0 Å². The van der Waals surface area contributed by atoms with E-state index in [0.29, 0.717) is 21.6 Å². The highest BCUT2D eigenvalue weighted by molar-refractivity contribution is 8.01. The molecule has 0 amide bonds. The fourth-order valence-corrected chi connectivity index (χ4v) is 3.06. The van der Waals surface area contributed by atoms with Gasteiger partial charge in [0.1, 0.15) is 0 Å². The van der Waals surface area contributed by atoms with E-state index in [1.807, 2.05) is 0 Å². The van der Waals surface area contributed by atoms with Crippen molar-refractivity contribution in [2.24, 2.45) is 0 Å². The average molecular weight is 200 g/mol. The highest BCUT2D eigenvalue weighted by Crippen LogP contribution is 2.40. The van der Waals surface area contributed by atoms with Gasteiger partial charge < -0.3 is 5.11 Å². The van der Waals surface area contributed by atoms with Crippen LogP contribution in [0.3, 0.4) is 0 Å². The molecule has 0 radical (unpaired) electrons. The van der Waals surface area contributed by atoms with Crippen LogP contribution in [0.2, 0.25) is 0 Å². The van der Waals surface area contributed by atoms with E-state index in [2.05, 4.69) is 0 Å². The van der Waals surface area contributed by atoms with E-state index in [4.69, 9.17) is 5.11 Å². The topological polar surface area (TPSA) is 54.4 Å². The van der Waals surface area contributed by atoms with Gasteiger partial charge in [0.25, 0.3) is 0 Å². The van der Waals surface area contributed by atoms with E-state index >= 15 is 0 Å². The van der Waals surface area contributed by atoms with Crippen LogP contribution in [0, 0.1) is 0 Å². The molecule has 0 fully saturated rings. The first kappa shape index (κ1) is 7.97. The van der Waals surface area contributed by atoms with Gasteiger partial charge in [-0.2, -0.15) is 0 Å². The van der Waals surface area contributed by atoms with Gasteiger partial charge in [-0.05, 0) is 0 Å². The smallest absolute Gasteiger partial charge is 0.203 e. The molecule has 62 valence electrons. The summed E-state index contributed by atoms with van der Waals surface area (Å²) in [5, 5.41) is 10.7. The largest absolute Gasteiger partial charge is 0.374 e. The van der Waals surface area contributed by atoms with Crippen molar-refractivity contribution < 1.29 is 14.7 Å². The minimum Gasteiger partial charge on any atom is -0.374 e. The second-order valence-corrected chi connectivity index (χ2v) is 4.30. The summed E-state index contributed by atoms with van der Waals surface area (Å²) in [5.41, 5.74) is -0.526. The maximum Gasteiger partial charge on any atom is 0.203 e. The van der Waals surface area contributed by atoms with E-state index in [1.165, 1.54) is 11.3 Å². The molecule has 1 atom stereocenters. The van der Waals surface area contributed by atoms with Gasteiger partial charge in [0.05, 0.1) is 4.88 Å². The fourth-order valence-electron chi connectivity index (χ4n) is 1.03. The third-order valence-corrected chi connectivity index (χ3v) is 3.75. The molecular weight excluding hydrogens is 196 g/mol. The van der Waals surface area contributed by atoms with Gasteiger partial charge in [-0.3, -0.25) is 9.59 Å². The Labute approximate surface area is 76.4 Å². The number of aldehydes is 1. The van der Waals surface area contributed by atoms with E-state index in [0.717, 1.165) is 11.8 Å². The zero-order valence-electron chi connectivity index (χ0n) is 5.81. The summed E-state index contributed by atoms with van der Waals surface area (Å²) in [4.78, 5) is 22.8. The summed E-state index contributed by atoms with van der Waals surface area (Å²) in [6, 6.07) is 0. The SMILES string of the molecule is O=Cc1scc2c1SC(O)C2=O. The molecule has 0 saturated carbocycles. The lowest BCUT2D eigenvalue weighted by Gasteiger charge is -1.94. The highest BCUT2D eigenvalue weighted by atomic mass is 32.2. The van der Waals surface area contributed by atoms with E-state index in [9.17, 15) is 9.59 Å². The third kappa shape index (κ3) is 0.939. The lowest BCUT2D eigenvalue weighted by molar-refractivity contribution is 0.0875. The minimum absolute atomic E-state index is 0.292. The zero-order chi connectivity index (χ0) is 8.72. The van der Waals surface area contributed by atoms with Crippen LogP contribution in [-0.4, -0.2) is 22.6 Å². The van der Waals surface area contributed by atoms with Crippen molar-refractivity contribution in [2.45, 2.75) is 10.3 Å². The maximum atomic E-state index is 11.1. The molecule has 2 rings (SSSR count). The van der Waals surface area contributed by atoms with Crippen LogP contribution in [-0.2, 0) is 0 Å². The Bertz CT molecular complexity index is 356. The minimum atomic E-state index is -1.01. The zero-order valence-corrected chi connectivity index (χ0v) is 7.45. The Hall–Kier alpha value is -0.650. The van der Waals surface area contributed by atoms with Crippen LogP contribution < -0.4 is 0 Å². The van der Waals surface area contributed by atoms with Crippen molar-refractivity contribution in [3.8, 4) is 0 Å². The molecule has 12 heavy (non-hydrogen) atoms. The summed E-state index contributed by atoms with van der Waals surface area (Å²) >= 11 is 2.28. The molecule has 2 heterocycles. The van der Waals surface area contributed by atoms with Gasteiger partial charge in [0, 0.05) is 15.8 Å². The Morgan fingerprint density at radius 1 is 1.58 bits per heavy atom. The summed E-state index contributed by atoms with van der Waals surface area (Å²) < 4.78 is 0. The summed E-state index contributed by atoms with van der Waals surface area (Å²) in [6.07, 6.45) is 0.710. The summed E-state index contributed by atoms with van der Waals surface area (Å²) in [6.45, 7) is 0. The van der Waals surface area contributed by atoms with Crippen molar-refractivity contribution in [1.82, 2.24) is 0 Å². The number of hydrogen-bond acceptors (Lipinski definition) is 5. The van der Waals surface area contributed by atoms with Gasteiger partial charge in [0.2, 0.25) is 5.78 Å². The standard InChI is InChI=1S/C7H4O3S2/c8-1-4-6-3(2-11-4)5(9)7(10)12-6/h1-2,7,10H. The molecule has 0 saturated heterocycles. The predicted molar refractivity (Wildman–Crippen MR) is 45.9 cm³/mol. The Balaban J connectivity index is 2.55. The van der Waals surface area contributed by atoms with Crippen LogP contribution >= 0.6 is 23.1 Å². The van der Waals surface area contributed by atoms with Crippen LogP contribution in [0.4, 0.5) is 0 Å². The molecule has 1 unspecified atom stereocenters. The van der Waals surface area contributed by atoms with Crippen molar-refractivity contribution in [3.63, 3.8) is 0 Å². The first-order chi connectivity index (χ1) is 5.74. The molecule has 0 bridgehead atoms. The number of aliphatic hydroxyl groups is 1. The number of carbonyl (C=O) groups is 2. The van der Waals surface area contributed by atoms with Crippen molar-refractivity contribution >= 4 is 35.2 Å². The maximum absolute atomic E-state index is 11.1. The lowest BCUT2D eigenvalue weighted by atomic mass is 10.2. The highest BCUT2D eigenvalue weighted by Gasteiger charge is 2.32. The molecule has 1 aliphatic rings. The number of thioether (sulfide) groups is 1. The first-order valence-electron chi connectivity index (χ1n) is 3.19. The van der Waals surface area contributed by atoms with Crippen molar-refractivity contribution in [3.05, 3.63) is 15.8 Å². The number of hydrogen-bond donors (Lipinski definition) is 1. The molecule has 3 nitrogen and oxygen atoms in total. The lowest BCUT2D eigenvalue weighted by Crippen LogP contribution is -2.08. The van der Waals surface area contributed by atoms with Gasteiger partial charge in [-0.15, -0.1) is 11.3 Å². The number of carbonyl (C=O) groups excluding carboxylic acids is 2. The summed E-state index contributed by atoms with van der Waals surface area (Å²) in [5.74, 6) is -0.292. The number of fused-ring (bicyclic) bond motifs is 1. The predicted octanol–water partition coefficient (Wildman–Crippen LogP) is 1.17. The van der Waals surface area contributed by atoms with Crippen molar-refractivity contribution in [2.75, 3.05) is 0 Å². The molecule has 1 aromatic heterocycles. The number of Topliss-reactive ketones (excluding diaryl/α,β-unsaturated/α-hetero) is 1. The fraction of sp³-hybridized carbons (Fsp3) is 0.143. The number of rotatable bonds is 1. The van der Waals surface area contributed by atoms with Crippen LogP contribution in [0.15, 0.2) is 10.3 Å². The molecular formula is C7H4O3S2. The molecule has 1 aromatic rings. The second kappa shape index (κ2) is 2.69. The first-order valence-corrected chi connectivity index (χ1v) is 4.95. The number of ketones is 1. The molecule has 0 aliphatic carbocycles. The third-order valence-electron chi connectivity index (χ3n) is 1.60. The molecule has 1 N–H and O–H groups in total. The average Bonchev–Trinajstić information content (AvgIpc) is 2.55. The molecule has 0 spiro atoms. The number of aliphatic hydroxyl groups excluding tert-OH is 1. The monoisotopic (exact) mass is 200 g/mol. The second-order valence-electron chi connectivity index (χ2n) is 2.30. The summed E-state index contributed by atoms with van der Waals surface area (Å²) in [7, 11) is 0.